The average Bonchev–Trinajstić information content (AvgIpc) is 2.33. The van der Waals surface area contributed by atoms with Crippen LogP contribution < -0.4 is 9.67 Å². The zero-order chi connectivity index (χ0) is 7.56. The molecule has 0 amide bonds. The van der Waals surface area contributed by atoms with Crippen molar-refractivity contribution in [3.05, 3.63) is 18.4 Å². The second-order valence-corrected chi connectivity index (χ2v) is 1.78. The van der Waals surface area contributed by atoms with E-state index in [9.17, 15) is 9.90 Å². The van der Waals surface area contributed by atoms with Crippen molar-refractivity contribution in [3.63, 3.8) is 0 Å². The van der Waals surface area contributed by atoms with Gasteiger partial charge in [0.15, 0.2) is 12.2 Å². The van der Waals surface area contributed by atoms with E-state index in [1.807, 2.05) is 6.92 Å². The van der Waals surface area contributed by atoms with Crippen LogP contribution in [0.5, 0.6) is 0 Å². The molecule has 1 aromatic heterocycles. The molecule has 0 aliphatic carbocycles. The summed E-state index contributed by atoms with van der Waals surface area (Å²) in [5.41, 5.74) is 0. The van der Waals surface area contributed by atoms with Crippen LogP contribution in [-0.2, 0) is 6.54 Å². The highest BCUT2D eigenvalue weighted by atomic mass is 16.4. The summed E-state index contributed by atoms with van der Waals surface area (Å²) >= 11 is 0. The SMILES string of the molecule is CC[n+]1ccoc1C(=O)[O-]. The lowest BCUT2D eigenvalue weighted by Gasteiger charge is -1.91. The summed E-state index contributed by atoms with van der Waals surface area (Å²) < 4.78 is 6.07. The van der Waals surface area contributed by atoms with Crippen molar-refractivity contribution in [1.82, 2.24) is 0 Å². The fraction of sp³-hybridized carbons (Fsp3) is 0.333. The Bertz CT molecular complexity index is 241. The Morgan fingerprint density at radius 3 is 3.00 bits per heavy atom. The normalized spacial score (nSPS) is 9.70. The van der Waals surface area contributed by atoms with E-state index in [2.05, 4.69) is 4.42 Å². The predicted molar refractivity (Wildman–Crippen MR) is 28.9 cm³/mol. The highest BCUT2D eigenvalue weighted by molar-refractivity contribution is 5.78. The number of nitrogens with zero attached hydrogens (tertiary/aromatic N) is 1. The van der Waals surface area contributed by atoms with Gasteiger partial charge in [-0.25, -0.2) is 0 Å². The lowest BCUT2D eigenvalue weighted by molar-refractivity contribution is -0.700. The first kappa shape index (κ1) is 6.80. The summed E-state index contributed by atoms with van der Waals surface area (Å²) in [4.78, 5) is 10.2. The molecular weight excluding hydrogens is 134 g/mol. The molecule has 0 unspecified atom stereocenters. The third kappa shape index (κ3) is 1.00. The summed E-state index contributed by atoms with van der Waals surface area (Å²) in [7, 11) is 0. The van der Waals surface area contributed by atoms with Gasteiger partial charge in [0.25, 0.3) is 0 Å². The van der Waals surface area contributed by atoms with Crippen LogP contribution in [0.2, 0.25) is 0 Å². The number of aromatic carboxylic acids is 1. The number of aromatic nitrogens is 1. The van der Waals surface area contributed by atoms with Crippen molar-refractivity contribution in [2.75, 3.05) is 0 Å². The standard InChI is InChI=1S/C6H7NO3/c1-2-7-3-4-10-5(7)6(8)9/h3-4H,2H2,1H3. The van der Waals surface area contributed by atoms with Gasteiger partial charge in [0.1, 0.15) is 6.54 Å². The zero-order valence-corrected chi connectivity index (χ0v) is 5.53. The zero-order valence-electron chi connectivity index (χ0n) is 5.53. The molecule has 0 N–H and O–H groups in total. The van der Waals surface area contributed by atoms with E-state index in [0.29, 0.717) is 6.54 Å². The summed E-state index contributed by atoms with van der Waals surface area (Å²) in [5, 5.41) is 10.2. The molecule has 1 aromatic rings. The van der Waals surface area contributed by atoms with E-state index in [1.165, 1.54) is 10.8 Å². The van der Waals surface area contributed by atoms with Crippen LogP contribution in [0.3, 0.4) is 0 Å². The Morgan fingerprint density at radius 2 is 2.60 bits per heavy atom. The monoisotopic (exact) mass is 141 g/mol. The molecule has 1 heterocycles. The molecule has 10 heavy (non-hydrogen) atoms. The third-order valence-electron chi connectivity index (χ3n) is 1.20. The van der Waals surface area contributed by atoms with E-state index < -0.39 is 5.97 Å². The van der Waals surface area contributed by atoms with Gasteiger partial charge in [-0.2, -0.15) is 4.57 Å². The van der Waals surface area contributed by atoms with E-state index in [1.54, 1.807) is 6.20 Å². The molecule has 0 spiro atoms. The molecule has 4 heteroatoms. The first-order valence-electron chi connectivity index (χ1n) is 2.94. The number of carbonyl (C=O) groups is 1. The van der Waals surface area contributed by atoms with Gasteiger partial charge in [0.05, 0.1) is 0 Å². The van der Waals surface area contributed by atoms with Crippen LogP contribution in [0.15, 0.2) is 16.9 Å². The second kappa shape index (κ2) is 2.51. The van der Waals surface area contributed by atoms with Gasteiger partial charge in [0.2, 0.25) is 6.20 Å². The molecule has 0 aliphatic rings. The number of hydrogen-bond donors (Lipinski definition) is 0. The van der Waals surface area contributed by atoms with Crippen molar-refractivity contribution in [2.24, 2.45) is 0 Å². The van der Waals surface area contributed by atoms with Crippen molar-refractivity contribution < 1.29 is 18.9 Å². The number of aryl methyl sites for hydroxylation is 1. The number of hydrogen-bond acceptors (Lipinski definition) is 3. The molecule has 0 saturated carbocycles. The lowest BCUT2D eigenvalue weighted by atomic mass is 10.6. The van der Waals surface area contributed by atoms with Crippen LogP contribution in [0.25, 0.3) is 0 Å². The Morgan fingerprint density at radius 1 is 1.90 bits per heavy atom. The average molecular weight is 141 g/mol. The molecule has 0 aliphatic heterocycles. The Kier molecular flexibility index (Phi) is 1.71. The highest BCUT2D eigenvalue weighted by Gasteiger charge is 2.12. The van der Waals surface area contributed by atoms with Crippen LogP contribution in [-0.4, -0.2) is 5.97 Å². The largest absolute Gasteiger partial charge is 0.537 e. The Hall–Kier alpha value is -1.32. The minimum absolute atomic E-state index is 0.137. The molecule has 0 aromatic carbocycles. The smallest absolute Gasteiger partial charge is 0.396 e. The fourth-order valence-corrected chi connectivity index (χ4v) is 0.718. The van der Waals surface area contributed by atoms with Gasteiger partial charge in [-0.15, -0.1) is 0 Å². The maximum absolute atomic E-state index is 10.2. The number of carboxylic acids is 1. The molecule has 0 radical (unpaired) electrons. The molecule has 0 bridgehead atoms. The number of rotatable bonds is 2. The van der Waals surface area contributed by atoms with Crippen LogP contribution in [0.4, 0.5) is 0 Å². The summed E-state index contributed by atoms with van der Waals surface area (Å²) in [6.45, 7) is 2.39. The van der Waals surface area contributed by atoms with Crippen LogP contribution in [0.1, 0.15) is 17.6 Å². The van der Waals surface area contributed by atoms with Crippen molar-refractivity contribution in [1.29, 1.82) is 0 Å². The minimum Gasteiger partial charge on any atom is -0.537 e. The highest BCUT2D eigenvalue weighted by Crippen LogP contribution is 1.88. The van der Waals surface area contributed by atoms with Gasteiger partial charge in [-0.05, 0) is 6.92 Å². The summed E-state index contributed by atoms with van der Waals surface area (Å²) in [6, 6.07) is 0. The van der Waals surface area contributed by atoms with Gasteiger partial charge in [0, 0.05) is 0 Å². The van der Waals surface area contributed by atoms with E-state index in [4.69, 9.17) is 0 Å². The van der Waals surface area contributed by atoms with Gasteiger partial charge in [-0.1, -0.05) is 0 Å². The molecule has 0 atom stereocenters. The molecular formula is C6H7NO3. The maximum atomic E-state index is 10.2. The van der Waals surface area contributed by atoms with Crippen LogP contribution >= 0.6 is 0 Å². The first-order valence-corrected chi connectivity index (χ1v) is 2.94. The van der Waals surface area contributed by atoms with Crippen molar-refractivity contribution in [2.45, 2.75) is 13.5 Å². The van der Waals surface area contributed by atoms with E-state index in [0.717, 1.165) is 0 Å². The van der Waals surface area contributed by atoms with Gasteiger partial charge < -0.3 is 14.3 Å². The molecule has 0 fully saturated rings. The van der Waals surface area contributed by atoms with Crippen LogP contribution in [0, 0.1) is 0 Å². The van der Waals surface area contributed by atoms with E-state index in [-0.39, 0.29) is 5.89 Å². The maximum Gasteiger partial charge on any atom is 0.396 e. The van der Waals surface area contributed by atoms with E-state index >= 15 is 0 Å². The Balaban J connectivity index is 3.01. The molecule has 4 nitrogen and oxygen atoms in total. The topological polar surface area (TPSA) is 57.2 Å². The Labute approximate surface area is 57.7 Å². The minimum atomic E-state index is -1.29. The lowest BCUT2D eigenvalue weighted by Crippen LogP contribution is -2.41. The molecule has 0 saturated heterocycles. The second-order valence-electron chi connectivity index (χ2n) is 1.78. The molecule has 54 valence electrons. The van der Waals surface area contributed by atoms with Gasteiger partial charge >= 0.3 is 5.89 Å². The number of carboxylic acid groups (broad SMARTS) is 1. The first-order chi connectivity index (χ1) is 4.75. The third-order valence-corrected chi connectivity index (χ3v) is 1.20. The fourth-order valence-electron chi connectivity index (χ4n) is 0.718. The summed E-state index contributed by atoms with van der Waals surface area (Å²) in [6.07, 6.45) is 2.86. The summed E-state index contributed by atoms with van der Waals surface area (Å²) in [5.74, 6) is -1.42. The van der Waals surface area contributed by atoms with Crippen molar-refractivity contribution >= 4 is 5.97 Å². The van der Waals surface area contributed by atoms with Crippen molar-refractivity contribution in [3.8, 4) is 0 Å². The number of oxazole rings is 1. The quantitative estimate of drug-likeness (QED) is 0.494. The number of carbonyl (C=O) groups excluding carboxylic acids is 1. The van der Waals surface area contributed by atoms with Gasteiger partial charge in [-0.3, -0.25) is 0 Å². The predicted octanol–water partition coefficient (Wildman–Crippen LogP) is -1.05. The molecule has 1 rings (SSSR count).